The average Bonchev–Trinajstić information content (AvgIpc) is 2.80. The second-order valence-corrected chi connectivity index (χ2v) is 6.09. The van der Waals surface area contributed by atoms with E-state index in [0.29, 0.717) is 13.2 Å². The highest BCUT2D eigenvalue weighted by Crippen LogP contribution is 2.33. The number of carbonyl (C=O) groups excluding carboxylic acids is 1. The molecule has 4 rings (SSSR count). The van der Waals surface area contributed by atoms with Crippen molar-refractivity contribution in [2.75, 3.05) is 26.3 Å². The largest absolute Gasteiger partial charge is 0.486 e. The van der Waals surface area contributed by atoms with Gasteiger partial charge >= 0.3 is 0 Å². The van der Waals surface area contributed by atoms with Crippen molar-refractivity contribution < 1.29 is 14.3 Å². The van der Waals surface area contributed by atoms with E-state index in [0.717, 1.165) is 53.6 Å². The average molecular weight is 312 g/mol. The molecule has 1 amide bonds. The highest BCUT2D eigenvalue weighted by Gasteiger charge is 2.25. The van der Waals surface area contributed by atoms with Crippen LogP contribution in [-0.2, 0) is 0 Å². The number of aromatic nitrogens is 1. The summed E-state index contributed by atoms with van der Waals surface area (Å²) in [4.78, 5) is 14.4. The van der Waals surface area contributed by atoms with Gasteiger partial charge in [0.1, 0.15) is 13.2 Å². The van der Waals surface area contributed by atoms with Gasteiger partial charge in [-0.15, -0.1) is 0 Å². The molecule has 0 atom stereocenters. The van der Waals surface area contributed by atoms with Crippen molar-refractivity contribution in [3.05, 3.63) is 41.2 Å². The fraction of sp³-hybridized carbons (Fsp3) is 0.389. The van der Waals surface area contributed by atoms with E-state index in [4.69, 9.17) is 9.47 Å². The third-order valence-corrected chi connectivity index (χ3v) is 4.59. The molecule has 2 aliphatic heterocycles. The van der Waals surface area contributed by atoms with E-state index in [2.05, 4.69) is 4.57 Å². The molecule has 120 valence electrons. The first kappa shape index (κ1) is 14.2. The molecule has 3 heterocycles. The van der Waals surface area contributed by atoms with Gasteiger partial charge in [-0.2, -0.15) is 0 Å². The Kier molecular flexibility index (Phi) is 3.29. The lowest BCUT2D eigenvalue weighted by molar-refractivity contribution is 0.0651. The van der Waals surface area contributed by atoms with Crippen molar-refractivity contribution in [2.45, 2.75) is 20.3 Å². The molecule has 5 heteroatoms. The van der Waals surface area contributed by atoms with Crippen LogP contribution in [0.1, 0.15) is 28.2 Å². The molecule has 0 aliphatic carbocycles. The summed E-state index contributed by atoms with van der Waals surface area (Å²) in [7, 11) is 0. The van der Waals surface area contributed by atoms with Gasteiger partial charge in [-0.1, -0.05) is 0 Å². The number of nitrogens with zero attached hydrogens (tertiary/aromatic N) is 2. The Morgan fingerprint density at radius 2 is 1.78 bits per heavy atom. The number of hydrogen-bond acceptors (Lipinski definition) is 3. The van der Waals surface area contributed by atoms with Crippen molar-refractivity contribution >= 4 is 5.91 Å². The SMILES string of the molecule is Cc1cc(C(=O)N2CCC2)c(C)n1-c1ccc2c(c1)OCCO2. The van der Waals surface area contributed by atoms with Gasteiger partial charge in [0.2, 0.25) is 0 Å². The van der Waals surface area contributed by atoms with Crippen LogP contribution in [0.3, 0.4) is 0 Å². The first-order valence-corrected chi connectivity index (χ1v) is 8.03. The highest BCUT2D eigenvalue weighted by atomic mass is 16.6. The van der Waals surface area contributed by atoms with Gasteiger partial charge < -0.3 is 18.9 Å². The summed E-state index contributed by atoms with van der Waals surface area (Å²) in [5.41, 5.74) is 3.79. The van der Waals surface area contributed by atoms with Gasteiger partial charge in [0.25, 0.3) is 5.91 Å². The number of carbonyl (C=O) groups is 1. The van der Waals surface area contributed by atoms with E-state index in [-0.39, 0.29) is 5.91 Å². The summed E-state index contributed by atoms with van der Waals surface area (Å²) in [6.45, 7) is 6.91. The number of fused-ring (bicyclic) bond motifs is 1. The number of amides is 1. The molecule has 0 saturated carbocycles. The van der Waals surface area contributed by atoms with Gasteiger partial charge in [0.15, 0.2) is 11.5 Å². The van der Waals surface area contributed by atoms with Crippen molar-refractivity contribution in [3.63, 3.8) is 0 Å². The van der Waals surface area contributed by atoms with E-state index >= 15 is 0 Å². The van der Waals surface area contributed by atoms with Crippen LogP contribution >= 0.6 is 0 Å². The Labute approximate surface area is 135 Å². The zero-order valence-electron chi connectivity index (χ0n) is 13.5. The monoisotopic (exact) mass is 312 g/mol. The zero-order chi connectivity index (χ0) is 16.0. The van der Waals surface area contributed by atoms with Crippen LogP contribution < -0.4 is 9.47 Å². The molecule has 0 spiro atoms. The maximum atomic E-state index is 12.5. The third kappa shape index (κ3) is 2.27. The second-order valence-electron chi connectivity index (χ2n) is 6.09. The maximum absolute atomic E-state index is 12.5. The third-order valence-electron chi connectivity index (χ3n) is 4.59. The van der Waals surface area contributed by atoms with Crippen molar-refractivity contribution in [1.82, 2.24) is 9.47 Å². The molecule has 1 aromatic heterocycles. The topological polar surface area (TPSA) is 43.7 Å². The molecule has 2 aromatic rings. The molecule has 0 N–H and O–H groups in total. The Balaban J connectivity index is 1.74. The standard InChI is InChI=1S/C18H20N2O3/c1-12-10-15(18(21)19-6-3-7-19)13(2)20(12)14-4-5-16-17(11-14)23-9-8-22-16/h4-5,10-11H,3,6-9H2,1-2H3. The lowest BCUT2D eigenvalue weighted by atomic mass is 10.1. The van der Waals surface area contributed by atoms with E-state index in [1.54, 1.807) is 0 Å². The van der Waals surface area contributed by atoms with E-state index in [1.807, 2.05) is 43.0 Å². The quantitative estimate of drug-likeness (QED) is 0.856. The van der Waals surface area contributed by atoms with E-state index in [1.165, 1.54) is 0 Å². The summed E-state index contributed by atoms with van der Waals surface area (Å²) in [5.74, 6) is 1.67. The molecule has 1 fully saturated rings. The molecule has 2 aliphatic rings. The lowest BCUT2D eigenvalue weighted by Gasteiger charge is -2.30. The normalized spacial score (nSPS) is 16.2. The van der Waals surface area contributed by atoms with Crippen LogP contribution in [0.5, 0.6) is 11.5 Å². The minimum Gasteiger partial charge on any atom is -0.486 e. The summed E-state index contributed by atoms with van der Waals surface area (Å²) < 4.78 is 13.4. The Bertz CT molecular complexity index is 775. The second kappa shape index (κ2) is 5.33. The van der Waals surface area contributed by atoms with Crippen molar-refractivity contribution in [1.29, 1.82) is 0 Å². The smallest absolute Gasteiger partial charge is 0.255 e. The molecule has 1 saturated heterocycles. The molecule has 5 nitrogen and oxygen atoms in total. The number of benzene rings is 1. The van der Waals surface area contributed by atoms with Gasteiger partial charge in [-0.25, -0.2) is 0 Å². The molecule has 0 bridgehead atoms. The van der Waals surface area contributed by atoms with Crippen LogP contribution in [0.2, 0.25) is 0 Å². The first-order valence-electron chi connectivity index (χ1n) is 8.03. The molecule has 1 aromatic carbocycles. The van der Waals surface area contributed by atoms with E-state index in [9.17, 15) is 4.79 Å². The predicted molar refractivity (Wildman–Crippen MR) is 86.8 cm³/mol. The van der Waals surface area contributed by atoms with Gasteiger partial charge in [0.05, 0.1) is 5.56 Å². The number of likely N-dealkylation sites (tertiary alicyclic amines) is 1. The summed E-state index contributed by atoms with van der Waals surface area (Å²) in [6.07, 6.45) is 1.10. The van der Waals surface area contributed by atoms with Crippen LogP contribution in [0.25, 0.3) is 5.69 Å². The Morgan fingerprint density at radius 1 is 1.04 bits per heavy atom. The minimum atomic E-state index is 0.133. The minimum absolute atomic E-state index is 0.133. The Morgan fingerprint density at radius 3 is 2.48 bits per heavy atom. The zero-order valence-corrected chi connectivity index (χ0v) is 13.5. The predicted octanol–water partition coefficient (Wildman–Crippen LogP) is 2.71. The summed E-state index contributed by atoms with van der Waals surface area (Å²) >= 11 is 0. The number of rotatable bonds is 2. The van der Waals surface area contributed by atoms with Crippen LogP contribution in [0.15, 0.2) is 24.3 Å². The van der Waals surface area contributed by atoms with Crippen LogP contribution in [0.4, 0.5) is 0 Å². The molecule has 0 unspecified atom stereocenters. The van der Waals surface area contributed by atoms with E-state index < -0.39 is 0 Å². The van der Waals surface area contributed by atoms with Gasteiger partial charge in [-0.05, 0) is 38.5 Å². The lowest BCUT2D eigenvalue weighted by Crippen LogP contribution is -2.42. The molecular formula is C18H20N2O3. The Hall–Kier alpha value is -2.43. The number of hydrogen-bond donors (Lipinski definition) is 0. The molecule has 0 radical (unpaired) electrons. The summed E-state index contributed by atoms with van der Waals surface area (Å²) in [5, 5.41) is 0. The number of aryl methyl sites for hydroxylation is 1. The highest BCUT2D eigenvalue weighted by molar-refractivity contribution is 5.96. The fourth-order valence-corrected chi connectivity index (χ4v) is 3.24. The molecular weight excluding hydrogens is 292 g/mol. The van der Waals surface area contributed by atoms with Crippen LogP contribution in [-0.4, -0.2) is 41.7 Å². The first-order chi connectivity index (χ1) is 11.1. The van der Waals surface area contributed by atoms with Gasteiger partial charge in [0, 0.05) is 36.2 Å². The van der Waals surface area contributed by atoms with Gasteiger partial charge in [-0.3, -0.25) is 4.79 Å². The molecule has 23 heavy (non-hydrogen) atoms. The fourth-order valence-electron chi connectivity index (χ4n) is 3.24. The summed E-state index contributed by atoms with van der Waals surface area (Å²) in [6, 6.07) is 7.89. The van der Waals surface area contributed by atoms with Crippen molar-refractivity contribution in [2.24, 2.45) is 0 Å². The van der Waals surface area contributed by atoms with Crippen LogP contribution in [0, 0.1) is 13.8 Å². The number of ether oxygens (including phenoxy) is 2. The van der Waals surface area contributed by atoms with Crippen molar-refractivity contribution in [3.8, 4) is 17.2 Å². The maximum Gasteiger partial charge on any atom is 0.255 e.